The second-order valence-corrected chi connectivity index (χ2v) is 2.85. The van der Waals surface area contributed by atoms with Crippen molar-refractivity contribution in [3.63, 3.8) is 0 Å². The highest BCUT2D eigenvalue weighted by Gasteiger charge is 1.93. The number of hydrogen-bond donors (Lipinski definition) is 1. The van der Waals surface area contributed by atoms with E-state index in [1.54, 1.807) is 6.08 Å². The molecule has 0 aliphatic rings. The summed E-state index contributed by atoms with van der Waals surface area (Å²) in [7, 11) is 1.37. The van der Waals surface area contributed by atoms with Gasteiger partial charge < -0.3 is 10.5 Å². The van der Waals surface area contributed by atoms with Crippen LogP contribution in [-0.2, 0) is 9.53 Å². The van der Waals surface area contributed by atoms with Crippen molar-refractivity contribution in [2.45, 2.75) is 6.42 Å². The largest absolute Gasteiger partial charge is 0.469 e. The van der Waals surface area contributed by atoms with Gasteiger partial charge in [-0.3, -0.25) is 4.79 Å². The van der Waals surface area contributed by atoms with Crippen molar-refractivity contribution in [1.29, 1.82) is 0 Å². The van der Waals surface area contributed by atoms with Crippen LogP contribution in [0.3, 0.4) is 0 Å². The molecule has 14 heavy (non-hydrogen) atoms. The van der Waals surface area contributed by atoms with Crippen molar-refractivity contribution in [2.24, 2.45) is 0 Å². The SMILES string of the molecule is COC(=O)C/C=C/c1ccc(N)cc1. The van der Waals surface area contributed by atoms with E-state index in [9.17, 15) is 4.79 Å². The van der Waals surface area contributed by atoms with Crippen molar-refractivity contribution in [3.8, 4) is 0 Å². The molecule has 0 saturated heterocycles. The first kappa shape index (κ1) is 10.3. The van der Waals surface area contributed by atoms with Gasteiger partial charge in [-0.1, -0.05) is 24.3 Å². The standard InChI is InChI=1S/C11H13NO2/c1-14-11(13)4-2-3-9-5-7-10(12)8-6-9/h2-3,5-8H,4,12H2,1H3/b3-2+. The van der Waals surface area contributed by atoms with Crippen LogP contribution in [0, 0.1) is 0 Å². The smallest absolute Gasteiger partial charge is 0.309 e. The van der Waals surface area contributed by atoms with Crippen LogP contribution in [-0.4, -0.2) is 13.1 Å². The average Bonchev–Trinajstić information content (AvgIpc) is 2.21. The van der Waals surface area contributed by atoms with E-state index in [-0.39, 0.29) is 5.97 Å². The van der Waals surface area contributed by atoms with E-state index in [2.05, 4.69) is 4.74 Å². The highest BCUT2D eigenvalue weighted by Crippen LogP contribution is 2.07. The van der Waals surface area contributed by atoms with Gasteiger partial charge in [0.05, 0.1) is 13.5 Å². The highest BCUT2D eigenvalue weighted by molar-refractivity contribution is 5.72. The topological polar surface area (TPSA) is 52.3 Å². The van der Waals surface area contributed by atoms with E-state index >= 15 is 0 Å². The Morgan fingerprint density at radius 3 is 2.64 bits per heavy atom. The molecule has 0 aliphatic heterocycles. The van der Waals surface area contributed by atoms with Crippen LogP contribution in [0.1, 0.15) is 12.0 Å². The molecule has 0 bridgehead atoms. The van der Waals surface area contributed by atoms with Crippen molar-refractivity contribution in [3.05, 3.63) is 35.9 Å². The lowest BCUT2D eigenvalue weighted by Gasteiger charge is -1.95. The maximum atomic E-state index is 10.8. The minimum atomic E-state index is -0.239. The van der Waals surface area contributed by atoms with Gasteiger partial charge in [-0.25, -0.2) is 0 Å². The van der Waals surface area contributed by atoms with Crippen LogP contribution in [0.5, 0.6) is 0 Å². The fourth-order valence-corrected chi connectivity index (χ4v) is 0.982. The van der Waals surface area contributed by atoms with Gasteiger partial charge in [-0.15, -0.1) is 0 Å². The first-order valence-electron chi connectivity index (χ1n) is 4.31. The van der Waals surface area contributed by atoms with Crippen LogP contribution in [0.15, 0.2) is 30.3 Å². The molecule has 0 aromatic heterocycles. The molecule has 1 aromatic rings. The molecule has 0 radical (unpaired) electrons. The minimum Gasteiger partial charge on any atom is -0.469 e. The van der Waals surface area contributed by atoms with Gasteiger partial charge in [0.25, 0.3) is 0 Å². The number of benzene rings is 1. The number of ether oxygens (including phenoxy) is 1. The van der Waals surface area contributed by atoms with E-state index in [1.807, 2.05) is 30.3 Å². The van der Waals surface area contributed by atoms with Gasteiger partial charge >= 0.3 is 5.97 Å². The predicted octanol–water partition coefficient (Wildman–Crippen LogP) is 1.85. The molecule has 3 nitrogen and oxygen atoms in total. The van der Waals surface area contributed by atoms with Crippen LogP contribution in [0.4, 0.5) is 5.69 Å². The van der Waals surface area contributed by atoms with Crippen LogP contribution in [0.25, 0.3) is 6.08 Å². The number of nitrogen functional groups attached to an aromatic ring is 1. The lowest BCUT2D eigenvalue weighted by Crippen LogP contribution is -1.96. The second kappa shape index (κ2) is 5.07. The Bertz CT molecular complexity index is 328. The second-order valence-electron chi connectivity index (χ2n) is 2.85. The quantitative estimate of drug-likeness (QED) is 0.586. The molecule has 0 spiro atoms. The van der Waals surface area contributed by atoms with E-state index in [4.69, 9.17) is 5.73 Å². The Morgan fingerprint density at radius 2 is 2.07 bits per heavy atom. The summed E-state index contributed by atoms with van der Waals surface area (Å²) in [5.41, 5.74) is 7.28. The number of anilines is 1. The molecule has 0 fully saturated rings. The van der Waals surface area contributed by atoms with Gasteiger partial charge in [0.2, 0.25) is 0 Å². The van der Waals surface area contributed by atoms with Crippen molar-refractivity contribution in [2.75, 3.05) is 12.8 Å². The molecule has 74 valence electrons. The lowest BCUT2D eigenvalue weighted by molar-refractivity contribution is -0.139. The lowest BCUT2D eigenvalue weighted by atomic mass is 10.2. The molecule has 0 amide bonds. The molecular weight excluding hydrogens is 178 g/mol. The van der Waals surface area contributed by atoms with Gasteiger partial charge in [0.15, 0.2) is 0 Å². The summed E-state index contributed by atoms with van der Waals surface area (Å²) in [4.78, 5) is 10.8. The third kappa shape index (κ3) is 3.31. The number of hydrogen-bond acceptors (Lipinski definition) is 3. The van der Waals surface area contributed by atoms with E-state index < -0.39 is 0 Å². The number of nitrogens with two attached hydrogens (primary N) is 1. The maximum Gasteiger partial charge on any atom is 0.309 e. The molecule has 2 N–H and O–H groups in total. The summed E-state index contributed by atoms with van der Waals surface area (Å²) in [6.07, 6.45) is 3.91. The van der Waals surface area contributed by atoms with E-state index in [0.29, 0.717) is 6.42 Å². The Kier molecular flexibility index (Phi) is 3.73. The predicted molar refractivity (Wildman–Crippen MR) is 56.5 cm³/mol. The first-order valence-corrected chi connectivity index (χ1v) is 4.31. The number of carbonyl (C=O) groups is 1. The van der Waals surface area contributed by atoms with Gasteiger partial charge in [0.1, 0.15) is 0 Å². The fourth-order valence-electron chi connectivity index (χ4n) is 0.982. The third-order valence-electron chi connectivity index (χ3n) is 1.76. The minimum absolute atomic E-state index is 0.239. The highest BCUT2D eigenvalue weighted by atomic mass is 16.5. The summed E-state index contributed by atoms with van der Waals surface area (Å²) in [6.45, 7) is 0. The number of methoxy groups -OCH3 is 1. The summed E-state index contributed by atoms with van der Waals surface area (Å²) in [6, 6.07) is 7.42. The summed E-state index contributed by atoms with van der Waals surface area (Å²) in [5.74, 6) is -0.239. The fraction of sp³-hybridized carbons (Fsp3) is 0.182. The number of esters is 1. The molecule has 1 aromatic carbocycles. The van der Waals surface area contributed by atoms with Crippen molar-refractivity contribution >= 4 is 17.7 Å². The summed E-state index contributed by atoms with van der Waals surface area (Å²) in [5, 5.41) is 0. The summed E-state index contributed by atoms with van der Waals surface area (Å²) >= 11 is 0. The monoisotopic (exact) mass is 191 g/mol. The van der Waals surface area contributed by atoms with Crippen LogP contribution >= 0.6 is 0 Å². The molecular formula is C11H13NO2. The Balaban J connectivity index is 2.52. The number of carbonyl (C=O) groups excluding carboxylic acids is 1. The zero-order chi connectivity index (χ0) is 10.4. The van der Waals surface area contributed by atoms with Crippen LogP contribution in [0.2, 0.25) is 0 Å². The van der Waals surface area contributed by atoms with Gasteiger partial charge in [0, 0.05) is 5.69 Å². The summed E-state index contributed by atoms with van der Waals surface area (Å²) < 4.78 is 4.50. The third-order valence-corrected chi connectivity index (χ3v) is 1.76. The van der Waals surface area contributed by atoms with E-state index in [0.717, 1.165) is 11.3 Å². The normalized spacial score (nSPS) is 10.4. The molecule has 0 aliphatic carbocycles. The van der Waals surface area contributed by atoms with Gasteiger partial charge in [-0.05, 0) is 17.7 Å². The molecule has 0 unspecified atom stereocenters. The number of rotatable bonds is 3. The molecule has 3 heteroatoms. The zero-order valence-electron chi connectivity index (χ0n) is 8.07. The zero-order valence-corrected chi connectivity index (χ0v) is 8.07. The van der Waals surface area contributed by atoms with E-state index in [1.165, 1.54) is 7.11 Å². The van der Waals surface area contributed by atoms with Gasteiger partial charge in [-0.2, -0.15) is 0 Å². The van der Waals surface area contributed by atoms with Crippen molar-refractivity contribution in [1.82, 2.24) is 0 Å². The Hall–Kier alpha value is -1.77. The average molecular weight is 191 g/mol. The maximum absolute atomic E-state index is 10.8. The molecule has 0 saturated carbocycles. The van der Waals surface area contributed by atoms with Crippen molar-refractivity contribution < 1.29 is 9.53 Å². The van der Waals surface area contributed by atoms with Crippen LogP contribution < -0.4 is 5.73 Å². The Labute approximate surface area is 83.2 Å². The molecule has 0 heterocycles. The first-order chi connectivity index (χ1) is 6.72. The Morgan fingerprint density at radius 1 is 1.43 bits per heavy atom. The molecule has 0 atom stereocenters. The molecule has 1 rings (SSSR count).